The van der Waals surface area contributed by atoms with Crippen molar-refractivity contribution in [2.24, 2.45) is 0 Å². The number of fused-ring (bicyclic) bond motifs is 1. The van der Waals surface area contributed by atoms with Crippen molar-refractivity contribution in [3.05, 3.63) is 22.8 Å². The lowest BCUT2D eigenvalue weighted by molar-refractivity contribution is 0.374. The zero-order chi connectivity index (χ0) is 13.8. The Bertz CT molecular complexity index is 446. The highest BCUT2D eigenvalue weighted by atomic mass is 16.5. The molecule has 1 unspecified atom stereocenters. The van der Waals surface area contributed by atoms with Crippen LogP contribution in [0.3, 0.4) is 0 Å². The molecule has 1 aromatic carbocycles. The molecule has 0 spiro atoms. The van der Waals surface area contributed by atoms with E-state index in [2.05, 4.69) is 30.5 Å². The molecule has 1 aliphatic rings. The number of methoxy groups -OCH3 is 2. The highest BCUT2D eigenvalue weighted by Crippen LogP contribution is 2.37. The first-order chi connectivity index (χ1) is 9.21. The normalized spacial score (nSPS) is 18.0. The van der Waals surface area contributed by atoms with Gasteiger partial charge in [0.05, 0.1) is 14.2 Å². The monoisotopic (exact) mass is 264 g/mol. The quantitative estimate of drug-likeness (QED) is 0.852. The zero-order valence-corrected chi connectivity index (χ0v) is 12.3. The number of benzene rings is 1. The van der Waals surface area contributed by atoms with Gasteiger partial charge in [-0.05, 0) is 26.0 Å². The van der Waals surface area contributed by atoms with Crippen LogP contribution < -0.4 is 20.1 Å². The molecule has 1 aliphatic heterocycles. The molecule has 0 saturated carbocycles. The summed E-state index contributed by atoms with van der Waals surface area (Å²) in [5.74, 6) is 1.98. The van der Waals surface area contributed by atoms with Gasteiger partial charge in [0, 0.05) is 35.8 Å². The Hall–Kier alpha value is -1.26. The number of nitrogens with one attached hydrogen (secondary N) is 2. The maximum Gasteiger partial charge on any atom is 0.127 e. The van der Waals surface area contributed by atoms with E-state index in [1.165, 1.54) is 16.7 Å². The molecule has 0 aromatic heterocycles. The lowest BCUT2D eigenvalue weighted by atomic mass is 9.92. The Labute approximate surface area is 115 Å². The lowest BCUT2D eigenvalue weighted by Crippen LogP contribution is -2.33. The summed E-state index contributed by atoms with van der Waals surface area (Å²) in [6, 6.07) is 2.57. The molecule has 19 heavy (non-hydrogen) atoms. The second-order valence-electron chi connectivity index (χ2n) is 4.99. The van der Waals surface area contributed by atoms with Gasteiger partial charge in [0.1, 0.15) is 11.5 Å². The molecule has 1 aromatic rings. The SMILES string of the molecule is CCNCc1cc(OC)c2c(c1OC)CC(C)NC2. The predicted octanol–water partition coefficient (Wildman–Crippen LogP) is 1.85. The second kappa shape index (κ2) is 6.26. The number of rotatable bonds is 5. The molecule has 0 radical (unpaired) electrons. The van der Waals surface area contributed by atoms with Gasteiger partial charge in [0.2, 0.25) is 0 Å². The molecule has 0 fully saturated rings. The fourth-order valence-corrected chi connectivity index (χ4v) is 2.68. The van der Waals surface area contributed by atoms with Crippen LogP contribution in [0.15, 0.2) is 6.07 Å². The molecule has 106 valence electrons. The minimum atomic E-state index is 0.473. The summed E-state index contributed by atoms with van der Waals surface area (Å²) in [7, 11) is 3.49. The van der Waals surface area contributed by atoms with Gasteiger partial charge in [-0.2, -0.15) is 0 Å². The average molecular weight is 264 g/mol. The standard InChI is InChI=1S/C15H24N2O2/c1-5-16-8-11-7-14(18-3)13-9-17-10(2)6-12(13)15(11)19-4/h7,10,16-17H,5-6,8-9H2,1-4H3. The van der Waals surface area contributed by atoms with Gasteiger partial charge in [-0.1, -0.05) is 6.92 Å². The van der Waals surface area contributed by atoms with Gasteiger partial charge in [-0.15, -0.1) is 0 Å². The van der Waals surface area contributed by atoms with Crippen molar-refractivity contribution in [3.63, 3.8) is 0 Å². The Morgan fingerprint density at radius 3 is 2.74 bits per heavy atom. The highest BCUT2D eigenvalue weighted by molar-refractivity contribution is 5.55. The largest absolute Gasteiger partial charge is 0.496 e. The molecule has 0 bridgehead atoms. The average Bonchev–Trinajstić information content (AvgIpc) is 2.43. The molecular weight excluding hydrogens is 240 g/mol. The highest BCUT2D eigenvalue weighted by Gasteiger charge is 2.24. The smallest absolute Gasteiger partial charge is 0.127 e. The fraction of sp³-hybridized carbons (Fsp3) is 0.600. The molecule has 0 amide bonds. The maximum atomic E-state index is 5.67. The van der Waals surface area contributed by atoms with Crippen LogP contribution in [-0.4, -0.2) is 26.8 Å². The Morgan fingerprint density at radius 2 is 2.11 bits per heavy atom. The fourth-order valence-electron chi connectivity index (χ4n) is 2.68. The molecular formula is C15H24N2O2. The number of hydrogen-bond donors (Lipinski definition) is 2. The predicted molar refractivity (Wildman–Crippen MR) is 76.9 cm³/mol. The first kappa shape index (κ1) is 14.2. The topological polar surface area (TPSA) is 42.5 Å². The molecule has 1 heterocycles. The third kappa shape index (κ3) is 2.85. The van der Waals surface area contributed by atoms with Crippen molar-refractivity contribution in [3.8, 4) is 11.5 Å². The Morgan fingerprint density at radius 1 is 1.32 bits per heavy atom. The maximum absolute atomic E-state index is 5.67. The van der Waals surface area contributed by atoms with Gasteiger partial charge in [0.15, 0.2) is 0 Å². The van der Waals surface area contributed by atoms with Crippen molar-refractivity contribution in [1.82, 2.24) is 10.6 Å². The van der Waals surface area contributed by atoms with Crippen LogP contribution in [0.2, 0.25) is 0 Å². The summed E-state index contributed by atoms with van der Waals surface area (Å²) in [6.45, 7) is 6.91. The number of ether oxygens (including phenoxy) is 2. The van der Waals surface area contributed by atoms with E-state index in [0.717, 1.165) is 37.6 Å². The van der Waals surface area contributed by atoms with Crippen LogP contribution in [0, 0.1) is 0 Å². The van der Waals surface area contributed by atoms with Crippen molar-refractivity contribution >= 4 is 0 Å². The van der Waals surface area contributed by atoms with Crippen molar-refractivity contribution in [2.75, 3.05) is 20.8 Å². The van der Waals surface area contributed by atoms with E-state index in [9.17, 15) is 0 Å². The first-order valence-electron chi connectivity index (χ1n) is 6.90. The number of hydrogen-bond acceptors (Lipinski definition) is 4. The van der Waals surface area contributed by atoms with Crippen molar-refractivity contribution in [1.29, 1.82) is 0 Å². The van der Waals surface area contributed by atoms with Crippen molar-refractivity contribution < 1.29 is 9.47 Å². The van der Waals surface area contributed by atoms with Gasteiger partial charge >= 0.3 is 0 Å². The molecule has 2 rings (SSSR count). The third-order valence-electron chi connectivity index (χ3n) is 3.66. The minimum Gasteiger partial charge on any atom is -0.496 e. The van der Waals surface area contributed by atoms with Gasteiger partial charge in [-0.3, -0.25) is 0 Å². The summed E-state index contributed by atoms with van der Waals surface area (Å²) >= 11 is 0. The van der Waals surface area contributed by atoms with E-state index in [1.807, 2.05) is 0 Å². The molecule has 2 N–H and O–H groups in total. The summed E-state index contributed by atoms with van der Waals surface area (Å²) in [6.07, 6.45) is 0.981. The molecule has 4 heteroatoms. The molecule has 4 nitrogen and oxygen atoms in total. The lowest BCUT2D eigenvalue weighted by Gasteiger charge is -2.28. The third-order valence-corrected chi connectivity index (χ3v) is 3.66. The van der Waals surface area contributed by atoms with E-state index < -0.39 is 0 Å². The molecule has 1 atom stereocenters. The zero-order valence-electron chi connectivity index (χ0n) is 12.3. The summed E-state index contributed by atoms with van der Waals surface area (Å²) in [4.78, 5) is 0. The molecule has 0 aliphatic carbocycles. The minimum absolute atomic E-state index is 0.473. The first-order valence-corrected chi connectivity index (χ1v) is 6.90. The van der Waals surface area contributed by atoms with Crippen LogP contribution in [0.25, 0.3) is 0 Å². The van der Waals surface area contributed by atoms with Crippen LogP contribution in [0.4, 0.5) is 0 Å². The van der Waals surface area contributed by atoms with Gasteiger partial charge in [0.25, 0.3) is 0 Å². The summed E-state index contributed by atoms with van der Waals surface area (Å²) in [5, 5.41) is 6.83. The Kier molecular flexibility index (Phi) is 4.66. The van der Waals surface area contributed by atoms with E-state index in [1.54, 1.807) is 14.2 Å². The van der Waals surface area contributed by atoms with Crippen LogP contribution in [-0.2, 0) is 19.5 Å². The van der Waals surface area contributed by atoms with E-state index in [4.69, 9.17) is 9.47 Å². The summed E-state index contributed by atoms with van der Waals surface area (Å²) in [5.41, 5.74) is 3.70. The molecule has 0 saturated heterocycles. The van der Waals surface area contributed by atoms with Crippen LogP contribution >= 0.6 is 0 Å². The second-order valence-corrected chi connectivity index (χ2v) is 4.99. The summed E-state index contributed by atoms with van der Waals surface area (Å²) < 4.78 is 11.2. The van der Waals surface area contributed by atoms with E-state index in [-0.39, 0.29) is 0 Å². The van der Waals surface area contributed by atoms with Crippen LogP contribution in [0.5, 0.6) is 11.5 Å². The van der Waals surface area contributed by atoms with Gasteiger partial charge in [-0.25, -0.2) is 0 Å². The van der Waals surface area contributed by atoms with Crippen LogP contribution in [0.1, 0.15) is 30.5 Å². The van der Waals surface area contributed by atoms with E-state index >= 15 is 0 Å². The van der Waals surface area contributed by atoms with E-state index in [0.29, 0.717) is 6.04 Å². The van der Waals surface area contributed by atoms with Gasteiger partial charge < -0.3 is 20.1 Å². The van der Waals surface area contributed by atoms with Crippen molar-refractivity contribution in [2.45, 2.75) is 39.4 Å². The Balaban J connectivity index is 2.47.